The van der Waals surface area contributed by atoms with Crippen LogP contribution >= 0.6 is 0 Å². The molecule has 0 saturated heterocycles. The molecular formula is C8H5NO5. The van der Waals surface area contributed by atoms with Crippen LogP contribution in [0, 0.1) is 6.92 Å². The largest absolute Gasteiger partial charge is 0.525 e. The first kappa shape index (κ1) is 8.49. The van der Waals surface area contributed by atoms with Crippen LogP contribution in [0.25, 0.3) is 0 Å². The SMILES string of the molecule is Cc1ccc2c(n1)OC(=O)OC(=O)O2. The molecule has 0 atom stereocenters. The third-order valence-electron chi connectivity index (χ3n) is 1.50. The molecule has 14 heavy (non-hydrogen) atoms. The number of hydrogen-bond donors (Lipinski definition) is 0. The van der Waals surface area contributed by atoms with Crippen molar-refractivity contribution in [3.05, 3.63) is 17.8 Å². The summed E-state index contributed by atoms with van der Waals surface area (Å²) in [6, 6.07) is 3.09. The molecule has 0 aliphatic carbocycles. The number of rotatable bonds is 0. The fourth-order valence-corrected chi connectivity index (χ4v) is 0.949. The van der Waals surface area contributed by atoms with Crippen molar-refractivity contribution in [3.8, 4) is 11.6 Å². The van der Waals surface area contributed by atoms with Gasteiger partial charge in [-0.1, -0.05) is 0 Å². The van der Waals surface area contributed by atoms with Gasteiger partial charge in [-0.2, -0.15) is 0 Å². The first-order valence-electron chi connectivity index (χ1n) is 3.74. The number of pyridine rings is 1. The van der Waals surface area contributed by atoms with Crippen LogP contribution in [-0.2, 0) is 4.74 Å². The van der Waals surface area contributed by atoms with Gasteiger partial charge in [-0.25, -0.2) is 14.6 Å². The Kier molecular flexibility index (Phi) is 1.81. The highest BCUT2D eigenvalue weighted by molar-refractivity contribution is 5.81. The fourth-order valence-electron chi connectivity index (χ4n) is 0.949. The number of aromatic nitrogens is 1. The van der Waals surface area contributed by atoms with Crippen LogP contribution in [0.1, 0.15) is 5.69 Å². The highest BCUT2D eigenvalue weighted by atomic mass is 16.8. The zero-order chi connectivity index (χ0) is 10.1. The van der Waals surface area contributed by atoms with Gasteiger partial charge in [-0.3, -0.25) is 0 Å². The summed E-state index contributed by atoms with van der Waals surface area (Å²) in [5.41, 5.74) is 0.634. The van der Waals surface area contributed by atoms with Gasteiger partial charge in [0.05, 0.1) is 0 Å². The number of nitrogens with zero attached hydrogens (tertiary/aromatic N) is 1. The molecular weight excluding hydrogens is 190 g/mol. The van der Waals surface area contributed by atoms with Gasteiger partial charge in [0.1, 0.15) is 0 Å². The molecule has 6 nitrogen and oxygen atoms in total. The Morgan fingerprint density at radius 3 is 2.57 bits per heavy atom. The number of cyclic esters (lactones) is 2. The normalized spacial score (nSPS) is 14.6. The van der Waals surface area contributed by atoms with Crippen LogP contribution < -0.4 is 9.47 Å². The van der Waals surface area contributed by atoms with E-state index in [2.05, 4.69) is 19.2 Å². The van der Waals surface area contributed by atoms with Crippen molar-refractivity contribution in [3.63, 3.8) is 0 Å². The van der Waals surface area contributed by atoms with E-state index in [1.165, 1.54) is 6.07 Å². The van der Waals surface area contributed by atoms with Crippen LogP contribution in [0.5, 0.6) is 11.6 Å². The quantitative estimate of drug-likeness (QED) is 0.460. The lowest BCUT2D eigenvalue weighted by molar-refractivity contribution is 0.0993. The molecule has 0 spiro atoms. The molecule has 0 amide bonds. The molecule has 0 radical (unpaired) electrons. The number of aryl methyl sites for hydroxylation is 1. The molecule has 0 unspecified atom stereocenters. The van der Waals surface area contributed by atoms with E-state index in [4.69, 9.17) is 0 Å². The van der Waals surface area contributed by atoms with Crippen molar-refractivity contribution in [1.82, 2.24) is 4.98 Å². The summed E-state index contributed by atoms with van der Waals surface area (Å²) < 4.78 is 13.3. The highest BCUT2D eigenvalue weighted by Gasteiger charge is 2.24. The fraction of sp³-hybridized carbons (Fsp3) is 0.125. The maximum absolute atomic E-state index is 10.8. The van der Waals surface area contributed by atoms with Gasteiger partial charge in [-0.15, -0.1) is 0 Å². The first-order chi connectivity index (χ1) is 6.65. The van der Waals surface area contributed by atoms with Gasteiger partial charge < -0.3 is 14.2 Å². The van der Waals surface area contributed by atoms with Crippen LogP contribution in [0.3, 0.4) is 0 Å². The molecule has 1 aromatic heterocycles. The molecule has 0 fully saturated rings. The highest BCUT2D eigenvalue weighted by Crippen LogP contribution is 2.27. The predicted octanol–water partition coefficient (Wildman–Crippen LogP) is 1.42. The minimum atomic E-state index is -1.15. The molecule has 1 aliphatic rings. The monoisotopic (exact) mass is 195 g/mol. The number of fused-ring (bicyclic) bond motifs is 1. The van der Waals surface area contributed by atoms with Crippen molar-refractivity contribution < 1.29 is 23.8 Å². The molecule has 0 aromatic carbocycles. The summed E-state index contributed by atoms with van der Waals surface area (Å²) in [5, 5.41) is 0. The van der Waals surface area contributed by atoms with E-state index >= 15 is 0 Å². The maximum atomic E-state index is 10.8. The van der Waals surface area contributed by atoms with E-state index in [1.54, 1.807) is 13.0 Å². The predicted molar refractivity (Wildman–Crippen MR) is 42.1 cm³/mol. The maximum Gasteiger partial charge on any atom is 0.525 e. The summed E-state index contributed by atoms with van der Waals surface area (Å²) in [5.74, 6) is -0.00713. The lowest BCUT2D eigenvalue weighted by Gasteiger charge is -2.01. The zero-order valence-corrected chi connectivity index (χ0v) is 7.14. The van der Waals surface area contributed by atoms with Crippen LogP contribution in [-0.4, -0.2) is 17.3 Å². The second-order valence-electron chi connectivity index (χ2n) is 2.56. The molecule has 0 saturated carbocycles. The molecule has 1 aliphatic heterocycles. The molecule has 2 heterocycles. The minimum absolute atomic E-state index is 0.0615. The second-order valence-corrected chi connectivity index (χ2v) is 2.56. The van der Waals surface area contributed by atoms with E-state index in [0.717, 1.165) is 0 Å². The summed E-state index contributed by atoms with van der Waals surface area (Å²) in [6.45, 7) is 1.71. The van der Waals surface area contributed by atoms with Gasteiger partial charge in [0.25, 0.3) is 5.88 Å². The Bertz CT molecular complexity index is 414. The number of carbonyl (C=O) groups is 2. The van der Waals surface area contributed by atoms with Gasteiger partial charge in [0.15, 0.2) is 5.75 Å². The standard InChI is InChI=1S/C8H5NO5/c1-4-2-3-5-6(9-4)13-8(11)14-7(10)12-5/h2-3H,1H3. The molecule has 6 heteroatoms. The average Bonchev–Trinajstić information content (AvgIpc) is 2.21. The first-order valence-corrected chi connectivity index (χ1v) is 3.74. The van der Waals surface area contributed by atoms with Gasteiger partial charge in [0.2, 0.25) is 0 Å². The van der Waals surface area contributed by atoms with Gasteiger partial charge in [-0.05, 0) is 19.1 Å². The number of hydrogen-bond acceptors (Lipinski definition) is 6. The molecule has 1 aromatic rings. The van der Waals surface area contributed by atoms with Crippen molar-refractivity contribution in [2.24, 2.45) is 0 Å². The van der Waals surface area contributed by atoms with E-state index in [1.807, 2.05) is 0 Å². The summed E-state index contributed by atoms with van der Waals surface area (Å²) in [6.07, 6.45) is -2.27. The third kappa shape index (κ3) is 1.49. The molecule has 0 bridgehead atoms. The van der Waals surface area contributed by atoms with E-state index < -0.39 is 12.3 Å². The lowest BCUT2D eigenvalue weighted by Crippen LogP contribution is -2.14. The lowest BCUT2D eigenvalue weighted by atomic mass is 10.3. The Balaban J connectivity index is 2.46. The van der Waals surface area contributed by atoms with Crippen LogP contribution in [0.2, 0.25) is 0 Å². The topological polar surface area (TPSA) is 74.7 Å². The van der Waals surface area contributed by atoms with Gasteiger partial charge in [0, 0.05) is 5.69 Å². The van der Waals surface area contributed by atoms with E-state index in [0.29, 0.717) is 5.69 Å². The molecule has 72 valence electrons. The van der Waals surface area contributed by atoms with Crippen LogP contribution in [0.15, 0.2) is 12.1 Å². The van der Waals surface area contributed by atoms with Crippen LogP contribution in [0.4, 0.5) is 9.59 Å². The Morgan fingerprint density at radius 1 is 1.07 bits per heavy atom. The smallest absolute Gasteiger partial charge is 0.389 e. The average molecular weight is 195 g/mol. The third-order valence-corrected chi connectivity index (χ3v) is 1.50. The van der Waals surface area contributed by atoms with Crippen molar-refractivity contribution in [2.45, 2.75) is 6.92 Å². The number of carbonyl (C=O) groups excluding carboxylic acids is 2. The van der Waals surface area contributed by atoms with Crippen molar-refractivity contribution in [1.29, 1.82) is 0 Å². The van der Waals surface area contributed by atoms with E-state index in [-0.39, 0.29) is 11.6 Å². The summed E-state index contributed by atoms with van der Waals surface area (Å²) in [4.78, 5) is 25.4. The molecule has 0 N–H and O–H groups in total. The number of ether oxygens (including phenoxy) is 3. The Morgan fingerprint density at radius 2 is 1.79 bits per heavy atom. The zero-order valence-electron chi connectivity index (χ0n) is 7.14. The molecule has 2 rings (SSSR count). The minimum Gasteiger partial charge on any atom is -0.389 e. The van der Waals surface area contributed by atoms with Gasteiger partial charge >= 0.3 is 12.3 Å². The summed E-state index contributed by atoms with van der Waals surface area (Å²) >= 11 is 0. The second kappa shape index (κ2) is 2.99. The van der Waals surface area contributed by atoms with E-state index in [9.17, 15) is 9.59 Å². The Hall–Kier alpha value is -2.11. The van der Waals surface area contributed by atoms with Crippen molar-refractivity contribution in [2.75, 3.05) is 0 Å². The summed E-state index contributed by atoms with van der Waals surface area (Å²) in [7, 11) is 0. The van der Waals surface area contributed by atoms with Crippen molar-refractivity contribution >= 4 is 12.3 Å². The Labute approximate surface area is 78.4 Å².